The molecule has 1 aromatic carbocycles. The summed E-state index contributed by atoms with van der Waals surface area (Å²) in [5.41, 5.74) is 11.6. The minimum Gasteiger partial charge on any atom is -0.370 e. The molecule has 0 saturated carbocycles. The summed E-state index contributed by atoms with van der Waals surface area (Å²) in [4.78, 5) is 2.46. The van der Waals surface area contributed by atoms with Crippen LogP contribution >= 0.6 is 0 Å². The molecule has 1 aromatic rings. The predicted octanol–water partition coefficient (Wildman–Crippen LogP) is 2.54. The topological polar surface area (TPSA) is 29.3 Å². The Balaban J connectivity index is 2.32. The number of piperidine rings is 1. The lowest BCUT2D eigenvalue weighted by atomic mass is 10.00. The van der Waals surface area contributed by atoms with E-state index < -0.39 is 0 Å². The van der Waals surface area contributed by atoms with Crippen LogP contribution in [0.1, 0.15) is 29.5 Å². The van der Waals surface area contributed by atoms with E-state index in [1.54, 1.807) is 0 Å². The molecule has 1 aliphatic heterocycles. The number of anilines is 1. The molecule has 1 atom stereocenters. The van der Waals surface area contributed by atoms with Crippen molar-refractivity contribution in [1.82, 2.24) is 0 Å². The van der Waals surface area contributed by atoms with Crippen LogP contribution in [0.4, 0.5) is 5.69 Å². The van der Waals surface area contributed by atoms with Crippen molar-refractivity contribution in [2.45, 2.75) is 39.7 Å². The molecule has 2 N–H and O–H groups in total. The van der Waals surface area contributed by atoms with Crippen LogP contribution in [-0.4, -0.2) is 19.1 Å². The summed E-state index contributed by atoms with van der Waals surface area (Å²) in [6.07, 6.45) is 2.38. The molecule has 0 radical (unpaired) electrons. The SMILES string of the molecule is Cc1cc(C)c(N2CCCC(N)C2)c(C)c1. The molecular formula is C14H22N2. The fourth-order valence-corrected chi connectivity index (χ4v) is 2.88. The monoisotopic (exact) mass is 218 g/mol. The highest BCUT2D eigenvalue weighted by Crippen LogP contribution is 2.28. The lowest BCUT2D eigenvalue weighted by Gasteiger charge is -2.35. The first kappa shape index (κ1) is 11.5. The lowest BCUT2D eigenvalue weighted by Crippen LogP contribution is -2.43. The third-order valence-corrected chi connectivity index (χ3v) is 3.41. The quantitative estimate of drug-likeness (QED) is 0.785. The fraction of sp³-hybridized carbons (Fsp3) is 0.571. The second-order valence-electron chi connectivity index (χ2n) is 5.10. The van der Waals surface area contributed by atoms with Crippen molar-refractivity contribution < 1.29 is 0 Å². The molecule has 88 valence electrons. The number of hydrogen-bond acceptors (Lipinski definition) is 2. The maximum atomic E-state index is 6.05. The molecule has 0 aromatic heterocycles. The van der Waals surface area contributed by atoms with E-state index in [1.165, 1.54) is 35.2 Å². The fourth-order valence-electron chi connectivity index (χ4n) is 2.88. The number of rotatable bonds is 1. The molecule has 2 nitrogen and oxygen atoms in total. The van der Waals surface area contributed by atoms with Gasteiger partial charge < -0.3 is 10.6 Å². The van der Waals surface area contributed by atoms with Crippen LogP contribution < -0.4 is 10.6 Å². The van der Waals surface area contributed by atoms with Crippen LogP contribution in [0.3, 0.4) is 0 Å². The first-order chi connectivity index (χ1) is 7.58. The summed E-state index contributed by atoms with van der Waals surface area (Å²) >= 11 is 0. The van der Waals surface area contributed by atoms with Gasteiger partial charge in [-0.2, -0.15) is 0 Å². The third-order valence-electron chi connectivity index (χ3n) is 3.41. The molecular weight excluding hydrogens is 196 g/mol. The van der Waals surface area contributed by atoms with Crippen molar-refractivity contribution in [2.24, 2.45) is 5.73 Å². The Bertz CT molecular complexity index is 361. The van der Waals surface area contributed by atoms with Crippen LogP contribution in [0.25, 0.3) is 0 Å². The first-order valence-corrected chi connectivity index (χ1v) is 6.16. The molecule has 0 aliphatic carbocycles. The van der Waals surface area contributed by atoms with Gasteiger partial charge in [0.15, 0.2) is 0 Å². The van der Waals surface area contributed by atoms with Gasteiger partial charge in [-0.3, -0.25) is 0 Å². The molecule has 0 bridgehead atoms. The number of benzene rings is 1. The second kappa shape index (κ2) is 4.46. The molecule has 2 rings (SSSR count). The molecule has 1 unspecified atom stereocenters. The highest BCUT2D eigenvalue weighted by atomic mass is 15.2. The van der Waals surface area contributed by atoms with Crippen molar-refractivity contribution in [1.29, 1.82) is 0 Å². The second-order valence-corrected chi connectivity index (χ2v) is 5.10. The molecule has 2 heteroatoms. The molecule has 16 heavy (non-hydrogen) atoms. The van der Waals surface area contributed by atoms with Gasteiger partial charge in [0.25, 0.3) is 0 Å². The van der Waals surface area contributed by atoms with Crippen LogP contribution in [0.5, 0.6) is 0 Å². The van der Waals surface area contributed by atoms with E-state index in [2.05, 4.69) is 37.8 Å². The zero-order valence-electron chi connectivity index (χ0n) is 10.6. The normalized spacial score (nSPS) is 21.2. The Kier molecular flexibility index (Phi) is 3.20. The van der Waals surface area contributed by atoms with Crippen LogP contribution in [0.2, 0.25) is 0 Å². The summed E-state index contributed by atoms with van der Waals surface area (Å²) in [5.74, 6) is 0. The van der Waals surface area contributed by atoms with E-state index in [0.717, 1.165) is 13.1 Å². The van der Waals surface area contributed by atoms with Crippen molar-refractivity contribution in [3.8, 4) is 0 Å². The highest BCUT2D eigenvalue weighted by Gasteiger charge is 2.19. The Morgan fingerprint density at radius 3 is 2.38 bits per heavy atom. The number of nitrogens with two attached hydrogens (primary N) is 1. The van der Waals surface area contributed by atoms with Crippen molar-refractivity contribution in [3.05, 3.63) is 28.8 Å². The van der Waals surface area contributed by atoms with E-state index in [9.17, 15) is 0 Å². The lowest BCUT2D eigenvalue weighted by molar-refractivity contribution is 0.505. The van der Waals surface area contributed by atoms with E-state index in [0.29, 0.717) is 6.04 Å². The smallest absolute Gasteiger partial charge is 0.0426 e. The van der Waals surface area contributed by atoms with Crippen LogP contribution in [0.15, 0.2) is 12.1 Å². The van der Waals surface area contributed by atoms with Crippen molar-refractivity contribution in [3.63, 3.8) is 0 Å². The van der Waals surface area contributed by atoms with Gasteiger partial charge >= 0.3 is 0 Å². The minimum absolute atomic E-state index is 0.342. The first-order valence-electron chi connectivity index (χ1n) is 6.16. The van der Waals surface area contributed by atoms with Gasteiger partial charge in [-0.05, 0) is 44.7 Å². The summed E-state index contributed by atoms with van der Waals surface area (Å²) < 4.78 is 0. The van der Waals surface area contributed by atoms with Crippen LogP contribution in [0, 0.1) is 20.8 Å². The number of aryl methyl sites for hydroxylation is 3. The average Bonchev–Trinajstić information content (AvgIpc) is 2.15. The summed E-state index contributed by atoms with van der Waals surface area (Å²) in [6, 6.07) is 4.87. The standard InChI is InChI=1S/C14H22N2/c1-10-7-11(2)14(12(3)8-10)16-6-4-5-13(15)9-16/h7-8,13H,4-6,9,15H2,1-3H3. The largest absolute Gasteiger partial charge is 0.370 e. The Labute approximate surface area is 98.4 Å². The molecule has 1 saturated heterocycles. The molecule has 1 fully saturated rings. The van der Waals surface area contributed by atoms with Crippen molar-refractivity contribution >= 4 is 5.69 Å². The van der Waals surface area contributed by atoms with Gasteiger partial charge in [0, 0.05) is 24.8 Å². The maximum absolute atomic E-state index is 6.05. The van der Waals surface area contributed by atoms with Gasteiger partial charge in [0.2, 0.25) is 0 Å². The van der Waals surface area contributed by atoms with E-state index >= 15 is 0 Å². The minimum atomic E-state index is 0.342. The van der Waals surface area contributed by atoms with E-state index in [1.807, 2.05) is 0 Å². The summed E-state index contributed by atoms with van der Waals surface area (Å²) in [7, 11) is 0. The molecule has 0 amide bonds. The third kappa shape index (κ3) is 2.22. The Hall–Kier alpha value is -1.02. The van der Waals surface area contributed by atoms with Gasteiger partial charge in [0.1, 0.15) is 0 Å². The van der Waals surface area contributed by atoms with E-state index in [-0.39, 0.29) is 0 Å². The van der Waals surface area contributed by atoms with Gasteiger partial charge in [0.05, 0.1) is 0 Å². The van der Waals surface area contributed by atoms with Gasteiger partial charge in [-0.1, -0.05) is 17.7 Å². The van der Waals surface area contributed by atoms with Crippen LogP contribution in [-0.2, 0) is 0 Å². The number of hydrogen-bond donors (Lipinski definition) is 1. The van der Waals surface area contributed by atoms with Crippen molar-refractivity contribution in [2.75, 3.05) is 18.0 Å². The predicted molar refractivity (Wildman–Crippen MR) is 70.1 cm³/mol. The number of nitrogens with zero attached hydrogens (tertiary/aromatic N) is 1. The zero-order chi connectivity index (χ0) is 11.7. The molecule has 1 heterocycles. The average molecular weight is 218 g/mol. The maximum Gasteiger partial charge on any atom is 0.0426 e. The van der Waals surface area contributed by atoms with Gasteiger partial charge in [-0.25, -0.2) is 0 Å². The zero-order valence-corrected chi connectivity index (χ0v) is 10.6. The summed E-state index contributed by atoms with van der Waals surface area (Å²) in [6.45, 7) is 8.72. The Morgan fingerprint density at radius 2 is 1.81 bits per heavy atom. The Morgan fingerprint density at radius 1 is 1.19 bits per heavy atom. The molecule has 0 spiro atoms. The van der Waals surface area contributed by atoms with E-state index in [4.69, 9.17) is 5.73 Å². The highest BCUT2D eigenvalue weighted by molar-refractivity contribution is 5.60. The van der Waals surface area contributed by atoms with Gasteiger partial charge in [-0.15, -0.1) is 0 Å². The summed E-state index contributed by atoms with van der Waals surface area (Å²) in [5, 5.41) is 0. The molecule has 1 aliphatic rings.